The Balaban J connectivity index is 1.66. The van der Waals surface area contributed by atoms with Gasteiger partial charge in [0.05, 0.1) is 5.69 Å². The minimum Gasteiger partial charge on any atom is -0.488 e. The van der Waals surface area contributed by atoms with Crippen LogP contribution in [0.25, 0.3) is 6.08 Å². The largest absolute Gasteiger partial charge is 0.488 e. The highest BCUT2D eigenvalue weighted by molar-refractivity contribution is 9.10. The van der Waals surface area contributed by atoms with Crippen LogP contribution < -0.4 is 15.0 Å². The molecule has 1 saturated heterocycles. The van der Waals surface area contributed by atoms with Crippen LogP contribution in [0.5, 0.6) is 5.75 Å². The van der Waals surface area contributed by atoms with Crippen molar-refractivity contribution in [1.82, 2.24) is 5.32 Å². The molecule has 35 heavy (non-hydrogen) atoms. The molecule has 3 aromatic rings. The van der Waals surface area contributed by atoms with Crippen LogP contribution in [0.15, 0.2) is 70.7 Å². The van der Waals surface area contributed by atoms with E-state index in [2.05, 4.69) is 39.4 Å². The first-order valence-electron chi connectivity index (χ1n) is 11.2. The molecule has 0 aliphatic carbocycles. The minimum absolute atomic E-state index is 0.154. The second-order valence-corrected chi connectivity index (χ2v) is 9.36. The number of imide groups is 2. The summed E-state index contributed by atoms with van der Waals surface area (Å²) in [7, 11) is 0. The van der Waals surface area contributed by atoms with E-state index < -0.39 is 17.8 Å². The molecule has 6 nitrogen and oxygen atoms in total. The van der Waals surface area contributed by atoms with E-state index in [-0.39, 0.29) is 5.57 Å². The van der Waals surface area contributed by atoms with Crippen molar-refractivity contribution in [2.45, 2.75) is 33.8 Å². The number of halogens is 1. The molecular weight excluding hydrogens is 508 g/mol. The molecule has 1 aliphatic rings. The van der Waals surface area contributed by atoms with E-state index in [0.29, 0.717) is 23.6 Å². The lowest BCUT2D eigenvalue weighted by Crippen LogP contribution is -2.54. The summed E-state index contributed by atoms with van der Waals surface area (Å²) in [5.74, 6) is -0.930. The van der Waals surface area contributed by atoms with Gasteiger partial charge in [-0.05, 0) is 67.8 Å². The maximum Gasteiger partial charge on any atom is 0.335 e. The number of ether oxygens (including phenoxy) is 1. The van der Waals surface area contributed by atoms with Gasteiger partial charge in [-0.3, -0.25) is 14.9 Å². The fourth-order valence-corrected chi connectivity index (χ4v) is 4.38. The Labute approximate surface area is 212 Å². The third kappa shape index (κ3) is 5.52. The van der Waals surface area contributed by atoms with Gasteiger partial charge in [-0.15, -0.1) is 0 Å². The number of amides is 4. The van der Waals surface area contributed by atoms with Crippen molar-refractivity contribution in [2.24, 2.45) is 0 Å². The van der Waals surface area contributed by atoms with Crippen LogP contribution in [0.4, 0.5) is 10.5 Å². The van der Waals surface area contributed by atoms with Crippen molar-refractivity contribution in [3.05, 3.63) is 98.5 Å². The molecule has 0 unspecified atom stereocenters. The monoisotopic (exact) mass is 532 g/mol. The maximum atomic E-state index is 13.3. The molecule has 7 heteroatoms. The number of hydrogen-bond acceptors (Lipinski definition) is 4. The Kier molecular flexibility index (Phi) is 7.17. The van der Waals surface area contributed by atoms with Crippen LogP contribution in [0.2, 0.25) is 0 Å². The first kappa shape index (κ1) is 24.4. The Morgan fingerprint density at radius 1 is 0.914 bits per heavy atom. The zero-order chi connectivity index (χ0) is 25.1. The first-order chi connectivity index (χ1) is 16.7. The molecule has 1 heterocycles. The van der Waals surface area contributed by atoms with Gasteiger partial charge in [0.1, 0.15) is 17.9 Å². The van der Waals surface area contributed by atoms with E-state index in [4.69, 9.17) is 4.74 Å². The number of rotatable bonds is 6. The zero-order valence-corrected chi connectivity index (χ0v) is 21.3. The molecular formula is C28H25BrN2O4. The van der Waals surface area contributed by atoms with E-state index in [1.807, 2.05) is 39.0 Å². The highest BCUT2D eigenvalue weighted by atomic mass is 79.9. The Hall–Kier alpha value is -3.71. The number of barbiturate groups is 1. The van der Waals surface area contributed by atoms with E-state index in [9.17, 15) is 14.4 Å². The minimum atomic E-state index is -0.776. The fraction of sp³-hybridized carbons (Fsp3) is 0.179. The summed E-state index contributed by atoms with van der Waals surface area (Å²) in [6, 6.07) is 17.9. The number of nitrogens with zero attached hydrogens (tertiary/aromatic N) is 1. The topological polar surface area (TPSA) is 75.7 Å². The molecule has 0 radical (unpaired) electrons. The van der Waals surface area contributed by atoms with Gasteiger partial charge in [0.2, 0.25) is 0 Å². The smallest absolute Gasteiger partial charge is 0.335 e. The van der Waals surface area contributed by atoms with E-state index in [0.717, 1.165) is 38.0 Å². The number of hydrogen-bond donors (Lipinski definition) is 1. The number of urea groups is 1. The first-order valence-corrected chi connectivity index (χ1v) is 12.0. The van der Waals surface area contributed by atoms with Crippen LogP contribution in [-0.2, 0) is 22.6 Å². The molecule has 178 valence electrons. The summed E-state index contributed by atoms with van der Waals surface area (Å²) in [5, 5.41) is 2.27. The number of nitrogens with one attached hydrogen (secondary N) is 1. The second-order valence-electron chi connectivity index (χ2n) is 8.44. The fourth-order valence-electron chi connectivity index (χ4n) is 4.01. The molecule has 4 amide bonds. The predicted octanol–water partition coefficient (Wildman–Crippen LogP) is 5.87. The highest BCUT2D eigenvalue weighted by Crippen LogP contribution is 2.29. The van der Waals surface area contributed by atoms with Crippen LogP contribution in [-0.4, -0.2) is 17.8 Å². The van der Waals surface area contributed by atoms with E-state index in [1.54, 1.807) is 24.3 Å². The quantitative estimate of drug-likeness (QED) is 0.318. The molecule has 1 aliphatic heterocycles. The molecule has 0 atom stereocenters. The Morgan fingerprint density at radius 2 is 1.60 bits per heavy atom. The predicted molar refractivity (Wildman–Crippen MR) is 139 cm³/mol. The normalized spacial score (nSPS) is 14.9. The van der Waals surface area contributed by atoms with Crippen LogP contribution in [0.1, 0.15) is 34.7 Å². The summed E-state index contributed by atoms with van der Waals surface area (Å²) in [6.07, 6.45) is 2.29. The lowest BCUT2D eigenvalue weighted by atomic mass is 10.1. The lowest BCUT2D eigenvalue weighted by Gasteiger charge is -2.26. The summed E-state index contributed by atoms with van der Waals surface area (Å²) in [5.41, 5.74) is 5.15. The van der Waals surface area contributed by atoms with Gasteiger partial charge in [0.15, 0.2) is 0 Å². The van der Waals surface area contributed by atoms with Crippen LogP contribution >= 0.6 is 15.9 Å². The Bertz CT molecular complexity index is 1330. The number of carbonyl (C=O) groups excluding carboxylic acids is 3. The van der Waals surface area contributed by atoms with Crippen molar-refractivity contribution in [3.63, 3.8) is 0 Å². The average molecular weight is 533 g/mol. The van der Waals surface area contributed by atoms with Gasteiger partial charge in [-0.25, -0.2) is 9.69 Å². The summed E-state index contributed by atoms with van der Waals surface area (Å²) in [6.45, 7) is 6.41. The van der Waals surface area contributed by atoms with Crippen molar-refractivity contribution >= 4 is 45.5 Å². The lowest BCUT2D eigenvalue weighted by molar-refractivity contribution is -0.122. The third-order valence-electron chi connectivity index (χ3n) is 5.65. The SMILES string of the molecule is CCc1ccc(N2C(=O)NC(=O)/C(=C\c3cc(Br)ccc3OCc3cc(C)cc(C)c3)C2=O)cc1. The second kappa shape index (κ2) is 10.3. The molecule has 3 aromatic carbocycles. The van der Waals surface area contributed by atoms with Crippen molar-refractivity contribution in [3.8, 4) is 5.75 Å². The number of carbonyl (C=O) groups is 3. The van der Waals surface area contributed by atoms with Crippen molar-refractivity contribution < 1.29 is 19.1 Å². The molecule has 0 bridgehead atoms. The zero-order valence-electron chi connectivity index (χ0n) is 19.7. The van der Waals surface area contributed by atoms with Gasteiger partial charge in [0.25, 0.3) is 11.8 Å². The van der Waals surface area contributed by atoms with Crippen molar-refractivity contribution in [1.29, 1.82) is 0 Å². The molecule has 0 aromatic heterocycles. The number of benzene rings is 3. The van der Waals surface area contributed by atoms with Gasteiger partial charge in [0, 0.05) is 10.0 Å². The molecule has 0 spiro atoms. The molecule has 1 N–H and O–H groups in total. The van der Waals surface area contributed by atoms with E-state index >= 15 is 0 Å². The van der Waals surface area contributed by atoms with Gasteiger partial charge in [-0.1, -0.05) is 64.3 Å². The van der Waals surface area contributed by atoms with Crippen molar-refractivity contribution in [2.75, 3.05) is 4.90 Å². The molecule has 4 rings (SSSR count). The maximum absolute atomic E-state index is 13.3. The van der Waals surface area contributed by atoms with Crippen LogP contribution in [0, 0.1) is 13.8 Å². The van der Waals surface area contributed by atoms with Gasteiger partial charge in [-0.2, -0.15) is 0 Å². The summed E-state index contributed by atoms with van der Waals surface area (Å²) < 4.78 is 6.83. The summed E-state index contributed by atoms with van der Waals surface area (Å²) in [4.78, 5) is 39.4. The Morgan fingerprint density at radius 3 is 2.26 bits per heavy atom. The number of anilines is 1. The number of aryl methyl sites for hydroxylation is 3. The molecule has 1 fully saturated rings. The van der Waals surface area contributed by atoms with Gasteiger partial charge < -0.3 is 4.74 Å². The highest BCUT2D eigenvalue weighted by Gasteiger charge is 2.37. The van der Waals surface area contributed by atoms with E-state index in [1.165, 1.54) is 6.08 Å². The standard InChI is InChI=1S/C28H25BrN2O4/c1-4-19-5-8-23(9-6-19)31-27(33)24(26(32)30-28(31)34)15-21-14-22(29)7-10-25(21)35-16-20-12-17(2)11-18(3)13-20/h5-15H,4,16H2,1-3H3,(H,30,32,34)/b24-15+. The average Bonchev–Trinajstić information content (AvgIpc) is 2.81. The van der Waals surface area contributed by atoms with Gasteiger partial charge >= 0.3 is 6.03 Å². The molecule has 0 saturated carbocycles. The summed E-state index contributed by atoms with van der Waals surface area (Å²) >= 11 is 3.44. The third-order valence-corrected chi connectivity index (χ3v) is 6.15. The van der Waals surface area contributed by atoms with Crippen LogP contribution in [0.3, 0.4) is 0 Å².